The quantitative estimate of drug-likeness (QED) is 0.690. The summed E-state index contributed by atoms with van der Waals surface area (Å²) in [6.45, 7) is 4.30. The van der Waals surface area contributed by atoms with Gasteiger partial charge in [0.2, 0.25) is 5.91 Å². The van der Waals surface area contributed by atoms with Gasteiger partial charge in [0.1, 0.15) is 11.3 Å². The summed E-state index contributed by atoms with van der Waals surface area (Å²) in [7, 11) is 1.69. The van der Waals surface area contributed by atoms with E-state index in [1.165, 1.54) is 12.8 Å². The molecule has 7 heteroatoms. The molecule has 0 saturated carbocycles. The van der Waals surface area contributed by atoms with E-state index in [1.54, 1.807) is 14.0 Å². The van der Waals surface area contributed by atoms with E-state index < -0.39 is 5.54 Å². The van der Waals surface area contributed by atoms with E-state index >= 15 is 0 Å². The molecule has 1 fully saturated rings. The van der Waals surface area contributed by atoms with Gasteiger partial charge in [-0.05, 0) is 44.5 Å². The highest BCUT2D eigenvalue weighted by atomic mass is 35.5. The number of carbonyl (C=O) groups excluding carboxylic acids is 1. The third-order valence-corrected chi connectivity index (χ3v) is 5.38. The van der Waals surface area contributed by atoms with Gasteiger partial charge in [-0.3, -0.25) is 9.69 Å². The molecule has 2 unspecified atom stereocenters. The molecule has 1 saturated heterocycles. The van der Waals surface area contributed by atoms with Crippen LogP contribution in [-0.4, -0.2) is 37.6 Å². The first-order valence-electron chi connectivity index (χ1n) is 9.53. The average Bonchev–Trinajstić information content (AvgIpc) is 3.23. The first kappa shape index (κ1) is 25.2. The van der Waals surface area contributed by atoms with Crippen molar-refractivity contribution in [2.75, 3.05) is 26.7 Å². The van der Waals surface area contributed by atoms with E-state index in [1.807, 2.05) is 48.5 Å². The molecule has 0 aromatic heterocycles. The van der Waals surface area contributed by atoms with Gasteiger partial charge in [0, 0.05) is 12.1 Å². The predicted molar refractivity (Wildman–Crippen MR) is 122 cm³/mol. The molecule has 1 aliphatic heterocycles. The fraction of sp³-hybridized carbons (Fsp3) is 0.409. The summed E-state index contributed by atoms with van der Waals surface area (Å²) in [4.78, 5) is 15.3. The Kier molecular flexibility index (Phi) is 9.93. The highest BCUT2D eigenvalue weighted by Gasteiger charge is 2.32. The number of halogens is 2. The first-order chi connectivity index (χ1) is 13.0. The second kappa shape index (κ2) is 11.4. The van der Waals surface area contributed by atoms with Crippen molar-refractivity contribution in [3.8, 4) is 5.75 Å². The highest BCUT2D eigenvalue weighted by molar-refractivity contribution is 5.87. The Bertz CT molecular complexity index is 766. The zero-order chi connectivity index (χ0) is 19.3. The normalized spacial score (nSPS) is 16.7. The number of ether oxygens (including phenoxy) is 1. The zero-order valence-corrected chi connectivity index (χ0v) is 18.6. The van der Waals surface area contributed by atoms with Crippen molar-refractivity contribution in [2.45, 2.75) is 31.3 Å². The van der Waals surface area contributed by atoms with Crippen molar-refractivity contribution < 1.29 is 9.53 Å². The van der Waals surface area contributed by atoms with E-state index in [-0.39, 0.29) is 36.8 Å². The van der Waals surface area contributed by atoms with Crippen LogP contribution in [0.3, 0.4) is 0 Å². The fourth-order valence-electron chi connectivity index (χ4n) is 3.72. The molecule has 1 amide bonds. The van der Waals surface area contributed by atoms with Gasteiger partial charge < -0.3 is 15.8 Å². The molecule has 3 rings (SSSR count). The molecule has 160 valence electrons. The van der Waals surface area contributed by atoms with Gasteiger partial charge in [-0.15, -0.1) is 24.8 Å². The number of hydrogen-bond donors (Lipinski definition) is 2. The average molecular weight is 440 g/mol. The van der Waals surface area contributed by atoms with Crippen LogP contribution >= 0.6 is 24.8 Å². The molecular formula is C22H31Cl2N3O2. The minimum absolute atomic E-state index is 0. The summed E-state index contributed by atoms with van der Waals surface area (Å²) < 4.78 is 5.57. The van der Waals surface area contributed by atoms with Gasteiger partial charge in [-0.2, -0.15) is 0 Å². The lowest BCUT2D eigenvalue weighted by Crippen LogP contribution is -2.50. The maximum atomic E-state index is 12.9. The van der Waals surface area contributed by atoms with Crippen molar-refractivity contribution in [1.82, 2.24) is 10.2 Å². The number of benzene rings is 2. The van der Waals surface area contributed by atoms with E-state index in [4.69, 9.17) is 10.5 Å². The number of carbonyl (C=O) groups is 1. The van der Waals surface area contributed by atoms with Crippen molar-refractivity contribution in [1.29, 1.82) is 0 Å². The van der Waals surface area contributed by atoms with E-state index in [0.717, 1.165) is 30.0 Å². The summed E-state index contributed by atoms with van der Waals surface area (Å²) >= 11 is 0. The number of nitrogens with one attached hydrogen (secondary N) is 1. The Morgan fingerprint density at radius 2 is 1.69 bits per heavy atom. The molecule has 2 atom stereocenters. The summed E-state index contributed by atoms with van der Waals surface area (Å²) in [5.41, 5.74) is 7.19. The van der Waals surface area contributed by atoms with E-state index in [2.05, 4.69) is 16.3 Å². The van der Waals surface area contributed by atoms with Gasteiger partial charge in [0.25, 0.3) is 0 Å². The Morgan fingerprint density at radius 1 is 1.10 bits per heavy atom. The lowest BCUT2D eigenvalue weighted by Gasteiger charge is -2.31. The minimum atomic E-state index is -1.07. The SMILES string of the molecule is COc1ccccc1C(CNC(=O)C(C)(N)c1ccccc1)N1CCCC1.Cl.Cl. The van der Waals surface area contributed by atoms with Crippen LogP contribution in [0.1, 0.15) is 36.9 Å². The molecule has 0 radical (unpaired) electrons. The van der Waals surface area contributed by atoms with Crippen LogP contribution in [0.5, 0.6) is 5.75 Å². The number of likely N-dealkylation sites (tertiary alicyclic amines) is 1. The van der Waals surface area contributed by atoms with Crippen LogP contribution in [0.2, 0.25) is 0 Å². The molecule has 29 heavy (non-hydrogen) atoms. The third-order valence-electron chi connectivity index (χ3n) is 5.38. The number of rotatable bonds is 7. The molecule has 1 aliphatic rings. The van der Waals surface area contributed by atoms with Crippen LogP contribution in [0.15, 0.2) is 54.6 Å². The number of nitrogens with zero attached hydrogens (tertiary/aromatic N) is 1. The van der Waals surface area contributed by atoms with Gasteiger partial charge in [-0.25, -0.2) is 0 Å². The first-order valence-corrected chi connectivity index (χ1v) is 9.53. The van der Waals surface area contributed by atoms with Gasteiger partial charge >= 0.3 is 0 Å². The molecule has 0 spiro atoms. The van der Waals surface area contributed by atoms with Crippen molar-refractivity contribution in [2.24, 2.45) is 5.73 Å². The summed E-state index contributed by atoms with van der Waals surface area (Å²) in [6, 6.07) is 17.6. The Labute approximate surface area is 185 Å². The standard InChI is InChI=1S/C22H29N3O2.2ClH/c1-22(23,17-10-4-3-5-11-17)21(26)24-16-19(25-14-8-9-15-25)18-12-6-7-13-20(18)27-2;;/h3-7,10-13,19H,8-9,14-16,23H2,1-2H3,(H,24,26);2*1H. The van der Waals surface area contributed by atoms with Crippen LogP contribution in [0, 0.1) is 0 Å². The Morgan fingerprint density at radius 3 is 2.31 bits per heavy atom. The third kappa shape index (κ3) is 5.86. The number of para-hydroxylation sites is 1. The van der Waals surface area contributed by atoms with Gasteiger partial charge in [0.15, 0.2) is 0 Å². The fourth-order valence-corrected chi connectivity index (χ4v) is 3.72. The molecule has 1 heterocycles. The molecule has 2 aromatic rings. The van der Waals surface area contributed by atoms with Crippen LogP contribution in [0.25, 0.3) is 0 Å². The summed E-state index contributed by atoms with van der Waals surface area (Å²) in [5, 5.41) is 3.09. The lowest BCUT2D eigenvalue weighted by atomic mass is 9.92. The van der Waals surface area contributed by atoms with Gasteiger partial charge in [-0.1, -0.05) is 48.5 Å². The molecule has 3 N–H and O–H groups in total. The second-order valence-corrected chi connectivity index (χ2v) is 7.28. The smallest absolute Gasteiger partial charge is 0.244 e. The largest absolute Gasteiger partial charge is 0.496 e. The van der Waals surface area contributed by atoms with E-state index in [9.17, 15) is 4.79 Å². The molecule has 2 aromatic carbocycles. The van der Waals surface area contributed by atoms with Crippen LogP contribution in [-0.2, 0) is 10.3 Å². The van der Waals surface area contributed by atoms with Crippen LogP contribution < -0.4 is 15.8 Å². The highest BCUT2D eigenvalue weighted by Crippen LogP contribution is 2.31. The molecular weight excluding hydrogens is 409 g/mol. The van der Waals surface area contributed by atoms with Crippen molar-refractivity contribution in [3.05, 3.63) is 65.7 Å². The maximum absolute atomic E-state index is 12.9. The lowest BCUT2D eigenvalue weighted by molar-refractivity contribution is -0.126. The molecule has 0 aliphatic carbocycles. The molecule has 0 bridgehead atoms. The summed E-state index contributed by atoms with van der Waals surface area (Å²) in [5.74, 6) is 0.676. The number of amides is 1. The number of methoxy groups -OCH3 is 1. The molecule has 5 nitrogen and oxygen atoms in total. The Balaban J connectivity index is 0.00000210. The second-order valence-electron chi connectivity index (χ2n) is 7.28. The van der Waals surface area contributed by atoms with Crippen molar-refractivity contribution in [3.63, 3.8) is 0 Å². The van der Waals surface area contributed by atoms with E-state index in [0.29, 0.717) is 6.54 Å². The zero-order valence-electron chi connectivity index (χ0n) is 17.0. The summed E-state index contributed by atoms with van der Waals surface area (Å²) in [6.07, 6.45) is 2.36. The minimum Gasteiger partial charge on any atom is -0.496 e. The maximum Gasteiger partial charge on any atom is 0.244 e. The van der Waals surface area contributed by atoms with Gasteiger partial charge in [0.05, 0.1) is 13.2 Å². The number of hydrogen-bond acceptors (Lipinski definition) is 4. The Hall–Kier alpha value is -1.79. The monoisotopic (exact) mass is 439 g/mol. The van der Waals surface area contributed by atoms with Crippen LogP contribution in [0.4, 0.5) is 0 Å². The predicted octanol–water partition coefficient (Wildman–Crippen LogP) is 3.67. The topological polar surface area (TPSA) is 67.6 Å². The number of nitrogens with two attached hydrogens (primary N) is 1. The van der Waals surface area contributed by atoms with Crippen molar-refractivity contribution >= 4 is 30.7 Å².